The molecule has 4 nitrogen and oxygen atoms in total. The van der Waals surface area contributed by atoms with Crippen molar-refractivity contribution in [2.45, 2.75) is 19.9 Å². The van der Waals surface area contributed by atoms with Crippen molar-refractivity contribution >= 4 is 57.2 Å². The van der Waals surface area contributed by atoms with Crippen LogP contribution in [-0.4, -0.2) is 25.7 Å². The molecule has 0 aliphatic rings. The Morgan fingerprint density at radius 1 is 1.61 bits per heavy atom. The molecule has 1 rings (SSSR count). The molecule has 0 saturated carbocycles. The monoisotopic (exact) mass is 447 g/mol. The molecule has 0 bridgehead atoms. The summed E-state index contributed by atoms with van der Waals surface area (Å²) in [5.74, 6) is 0.492. The Kier molecular flexibility index (Phi) is 11.1. The molecule has 0 aliphatic carbocycles. The summed E-state index contributed by atoms with van der Waals surface area (Å²) < 4.78 is 6.32. The summed E-state index contributed by atoms with van der Waals surface area (Å²) in [5, 5.41) is 5.10. The van der Waals surface area contributed by atoms with E-state index in [-0.39, 0.29) is 24.0 Å². The minimum Gasteiger partial charge on any atom is -0.382 e. The molecule has 0 unspecified atom stereocenters. The first-order valence-corrected chi connectivity index (χ1v) is 7.24. The van der Waals surface area contributed by atoms with Crippen LogP contribution in [0.1, 0.15) is 18.2 Å². The van der Waals surface area contributed by atoms with E-state index >= 15 is 0 Å². The Bertz CT molecular complexity index is 360. The zero-order valence-corrected chi connectivity index (χ0v) is 15.1. The number of rotatable bonds is 7. The Balaban J connectivity index is 0.00000289. The fourth-order valence-electron chi connectivity index (χ4n) is 1.19. The van der Waals surface area contributed by atoms with Gasteiger partial charge in [0.15, 0.2) is 5.96 Å². The van der Waals surface area contributed by atoms with Gasteiger partial charge in [-0.2, -0.15) is 0 Å². The van der Waals surface area contributed by atoms with Crippen LogP contribution >= 0.6 is 51.2 Å². The van der Waals surface area contributed by atoms with Crippen molar-refractivity contribution in [3.05, 3.63) is 20.8 Å². The Morgan fingerprint density at radius 2 is 2.39 bits per heavy atom. The average molecular weight is 448 g/mol. The molecule has 7 heteroatoms. The lowest BCUT2D eigenvalue weighted by molar-refractivity contribution is 0.145. The summed E-state index contributed by atoms with van der Waals surface area (Å²) >= 11 is 5.08. The number of nitrogens with one attached hydrogen (secondary N) is 1. The van der Waals surface area contributed by atoms with Crippen molar-refractivity contribution in [1.82, 2.24) is 5.32 Å². The molecular formula is C11H19BrIN3OS. The van der Waals surface area contributed by atoms with Crippen LogP contribution in [0.5, 0.6) is 0 Å². The van der Waals surface area contributed by atoms with Crippen LogP contribution in [0.2, 0.25) is 0 Å². The zero-order valence-electron chi connectivity index (χ0n) is 10.3. The molecule has 0 atom stereocenters. The van der Waals surface area contributed by atoms with E-state index in [0.29, 0.717) is 12.5 Å². The zero-order chi connectivity index (χ0) is 12.5. The van der Waals surface area contributed by atoms with Gasteiger partial charge in [-0.3, -0.25) is 0 Å². The lowest BCUT2D eigenvalue weighted by Gasteiger charge is -2.05. The second-order valence-electron chi connectivity index (χ2n) is 3.41. The van der Waals surface area contributed by atoms with E-state index in [1.165, 1.54) is 4.88 Å². The Hall–Kier alpha value is 0.140. The van der Waals surface area contributed by atoms with E-state index in [2.05, 4.69) is 32.3 Å². The number of nitrogens with two attached hydrogens (primary N) is 1. The molecule has 0 spiro atoms. The molecule has 0 aliphatic heterocycles. The summed E-state index contributed by atoms with van der Waals surface area (Å²) in [6, 6.07) is 2.05. The first kappa shape index (κ1) is 18.1. The number of guanidine groups is 1. The summed E-state index contributed by atoms with van der Waals surface area (Å²) in [4.78, 5) is 5.45. The third-order valence-electron chi connectivity index (χ3n) is 2.00. The predicted molar refractivity (Wildman–Crippen MR) is 91.9 cm³/mol. The first-order valence-electron chi connectivity index (χ1n) is 5.56. The molecule has 3 N–H and O–H groups in total. The van der Waals surface area contributed by atoms with Gasteiger partial charge in [-0.1, -0.05) is 0 Å². The SMILES string of the molecule is CCOCCCNC(N)=NCc1cc(Br)cs1.I. The minimum absolute atomic E-state index is 0. The predicted octanol–water partition coefficient (Wildman–Crippen LogP) is 2.96. The summed E-state index contributed by atoms with van der Waals surface area (Å²) in [6.45, 7) is 4.93. The number of aliphatic imine (C=N–C) groups is 1. The standard InChI is InChI=1S/C11H18BrN3OS.HI/c1-2-16-5-3-4-14-11(13)15-7-10-6-9(12)8-17-10;/h6,8H,2-5,7H2,1H3,(H3,13,14,15);1H. The van der Waals surface area contributed by atoms with E-state index < -0.39 is 0 Å². The van der Waals surface area contributed by atoms with Gasteiger partial charge in [-0.05, 0) is 35.3 Å². The van der Waals surface area contributed by atoms with Gasteiger partial charge >= 0.3 is 0 Å². The fourth-order valence-corrected chi connectivity index (χ4v) is 2.57. The number of hydrogen-bond donors (Lipinski definition) is 2. The number of hydrogen-bond acceptors (Lipinski definition) is 3. The van der Waals surface area contributed by atoms with Gasteiger partial charge in [-0.25, -0.2) is 4.99 Å². The van der Waals surface area contributed by atoms with Crippen molar-refractivity contribution in [3.8, 4) is 0 Å². The molecule has 0 saturated heterocycles. The maximum atomic E-state index is 5.73. The third kappa shape index (κ3) is 8.28. The largest absolute Gasteiger partial charge is 0.382 e. The number of thiophene rings is 1. The van der Waals surface area contributed by atoms with Gasteiger partial charge < -0.3 is 15.8 Å². The van der Waals surface area contributed by atoms with E-state index in [1.807, 2.05) is 12.3 Å². The van der Waals surface area contributed by atoms with Gasteiger partial charge in [-0.15, -0.1) is 35.3 Å². The number of ether oxygens (including phenoxy) is 1. The van der Waals surface area contributed by atoms with Crippen LogP contribution in [0.3, 0.4) is 0 Å². The summed E-state index contributed by atoms with van der Waals surface area (Å²) in [7, 11) is 0. The highest BCUT2D eigenvalue weighted by Crippen LogP contribution is 2.20. The average Bonchev–Trinajstić information content (AvgIpc) is 2.72. The highest BCUT2D eigenvalue weighted by Gasteiger charge is 1.97. The maximum Gasteiger partial charge on any atom is 0.188 e. The van der Waals surface area contributed by atoms with Gasteiger partial charge in [0.25, 0.3) is 0 Å². The Labute approximate surface area is 138 Å². The fraction of sp³-hybridized carbons (Fsp3) is 0.545. The van der Waals surface area contributed by atoms with Gasteiger partial charge in [0.05, 0.1) is 6.54 Å². The normalized spacial score (nSPS) is 11.1. The van der Waals surface area contributed by atoms with Crippen LogP contribution in [0.25, 0.3) is 0 Å². The minimum atomic E-state index is 0. The highest BCUT2D eigenvalue weighted by molar-refractivity contribution is 14.0. The summed E-state index contributed by atoms with van der Waals surface area (Å²) in [5.41, 5.74) is 5.73. The molecule has 18 heavy (non-hydrogen) atoms. The van der Waals surface area contributed by atoms with E-state index in [4.69, 9.17) is 10.5 Å². The first-order chi connectivity index (χ1) is 8.22. The van der Waals surface area contributed by atoms with Crippen LogP contribution in [-0.2, 0) is 11.3 Å². The number of nitrogens with zero attached hydrogens (tertiary/aromatic N) is 1. The smallest absolute Gasteiger partial charge is 0.188 e. The molecule has 0 fully saturated rings. The third-order valence-corrected chi connectivity index (χ3v) is 3.69. The van der Waals surface area contributed by atoms with E-state index in [1.54, 1.807) is 11.3 Å². The van der Waals surface area contributed by atoms with Crippen molar-refractivity contribution < 1.29 is 4.74 Å². The second kappa shape index (κ2) is 11.0. The molecule has 1 heterocycles. The highest BCUT2D eigenvalue weighted by atomic mass is 127. The van der Waals surface area contributed by atoms with Crippen molar-refractivity contribution in [2.24, 2.45) is 10.7 Å². The molecule has 1 aromatic heterocycles. The quantitative estimate of drug-likeness (QED) is 0.292. The van der Waals surface area contributed by atoms with Crippen LogP contribution in [0.4, 0.5) is 0 Å². The number of halogens is 2. The van der Waals surface area contributed by atoms with Gasteiger partial charge in [0.1, 0.15) is 0 Å². The maximum absolute atomic E-state index is 5.73. The van der Waals surface area contributed by atoms with Crippen molar-refractivity contribution in [2.75, 3.05) is 19.8 Å². The van der Waals surface area contributed by atoms with Crippen LogP contribution in [0, 0.1) is 0 Å². The van der Waals surface area contributed by atoms with Crippen molar-refractivity contribution in [1.29, 1.82) is 0 Å². The molecule has 104 valence electrons. The lowest BCUT2D eigenvalue weighted by atomic mass is 10.4. The van der Waals surface area contributed by atoms with Crippen LogP contribution < -0.4 is 11.1 Å². The topological polar surface area (TPSA) is 59.6 Å². The lowest BCUT2D eigenvalue weighted by Crippen LogP contribution is -2.32. The van der Waals surface area contributed by atoms with Gasteiger partial charge in [0.2, 0.25) is 0 Å². The second-order valence-corrected chi connectivity index (χ2v) is 5.32. The summed E-state index contributed by atoms with van der Waals surface area (Å²) in [6.07, 6.45) is 0.939. The Morgan fingerprint density at radius 3 is 3.00 bits per heavy atom. The van der Waals surface area contributed by atoms with Crippen molar-refractivity contribution in [3.63, 3.8) is 0 Å². The van der Waals surface area contributed by atoms with E-state index in [0.717, 1.165) is 30.7 Å². The van der Waals surface area contributed by atoms with E-state index in [9.17, 15) is 0 Å². The molecule has 0 amide bonds. The molecule has 0 radical (unpaired) electrons. The molecule has 0 aromatic carbocycles. The molecule has 1 aromatic rings. The van der Waals surface area contributed by atoms with Crippen LogP contribution in [0.15, 0.2) is 20.9 Å². The van der Waals surface area contributed by atoms with Gasteiger partial charge in [0, 0.05) is 34.5 Å². The molecular weight excluding hydrogens is 429 g/mol.